The summed E-state index contributed by atoms with van der Waals surface area (Å²) in [5.74, 6) is 0. The van der Waals surface area contributed by atoms with Gasteiger partial charge in [0, 0.05) is 13.6 Å². The number of alkyl halides is 3. The first-order valence-electron chi connectivity index (χ1n) is 3.51. The van der Waals surface area contributed by atoms with E-state index in [1.807, 2.05) is 0 Å². The van der Waals surface area contributed by atoms with Crippen LogP contribution in [0.15, 0.2) is 0 Å². The van der Waals surface area contributed by atoms with Crippen LogP contribution in [0.3, 0.4) is 0 Å². The molecule has 0 aliphatic rings. The number of sulfonamides is 1. The molecule has 92 valence electrons. The molecule has 0 radical (unpaired) electrons. The Labute approximate surface area is 86.8 Å². The lowest BCUT2D eigenvalue weighted by molar-refractivity contribution is -0.0514. The summed E-state index contributed by atoms with van der Waals surface area (Å²) >= 11 is 0. The molecule has 0 aromatic carbocycles. The largest absolute Gasteiger partial charge is 0.511 e. The van der Waals surface area contributed by atoms with Crippen molar-refractivity contribution in [3.63, 3.8) is 0 Å². The molecule has 0 aromatic heterocycles. The molecule has 0 aromatic rings. The monoisotopic (exact) mass is 268 g/mol. The second-order valence-corrected chi connectivity index (χ2v) is 5.22. The minimum Gasteiger partial charge on any atom is -0.428 e. The van der Waals surface area contributed by atoms with Crippen molar-refractivity contribution in [3.05, 3.63) is 0 Å². The third kappa shape index (κ3) is 3.03. The molecule has 0 heterocycles. The van der Waals surface area contributed by atoms with Crippen LogP contribution in [0.2, 0.25) is 0 Å². The van der Waals surface area contributed by atoms with Gasteiger partial charge in [-0.3, -0.25) is 0 Å². The summed E-state index contributed by atoms with van der Waals surface area (Å²) in [6, 6.07) is 0. The molecule has 6 nitrogen and oxygen atoms in total. The zero-order valence-electron chi connectivity index (χ0n) is 7.78. The summed E-state index contributed by atoms with van der Waals surface area (Å²) in [5, 5.41) is 0.534. The highest BCUT2D eigenvalue weighted by Gasteiger charge is 2.49. The van der Waals surface area contributed by atoms with Gasteiger partial charge >= 0.3 is 15.5 Å². The van der Waals surface area contributed by atoms with Crippen molar-refractivity contribution in [1.82, 2.24) is 8.83 Å². The Morgan fingerprint density at radius 3 is 2.00 bits per heavy atom. The summed E-state index contributed by atoms with van der Waals surface area (Å²) in [5.41, 5.74) is -5.58. The first kappa shape index (κ1) is 14.6. The number of hydrogen-bond donors (Lipinski definition) is 1. The summed E-state index contributed by atoms with van der Waals surface area (Å²) in [6.45, 7) is 1.21. The zero-order valence-corrected chi connectivity index (χ0v) is 9.41. The molecule has 0 aliphatic heterocycles. The summed E-state index contributed by atoms with van der Waals surface area (Å²) in [6.07, 6.45) is 0. The topological polar surface area (TPSA) is 81.5 Å². The van der Waals surface area contributed by atoms with Gasteiger partial charge < -0.3 is 8.99 Å². The van der Waals surface area contributed by atoms with E-state index in [1.165, 1.54) is 6.92 Å². The standard InChI is InChI=1S/C4H9F3N3O3S2/c1-3-9(2)10(14(8)11)15(12,13)4(5,6)7/h8H,3H2,1-2H3/q-1. The van der Waals surface area contributed by atoms with Gasteiger partial charge in [0.05, 0.1) is 0 Å². The molecule has 0 fully saturated rings. The Balaban J connectivity index is 5.49. The van der Waals surface area contributed by atoms with Crippen LogP contribution in [-0.2, 0) is 25.0 Å². The van der Waals surface area contributed by atoms with Gasteiger partial charge in [0.15, 0.2) is 0 Å². The molecule has 0 amide bonds. The normalized spacial score (nSPS) is 14.1. The van der Waals surface area contributed by atoms with Gasteiger partial charge in [-0.1, -0.05) is 17.7 Å². The number of halogens is 3. The van der Waals surface area contributed by atoms with Crippen molar-refractivity contribution in [2.45, 2.75) is 12.4 Å². The highest BCUT2D eigenvalue weighted by atomic mass is 32.3. The maximum atomic E-state index is 12.1. The molecule has 0 saturated heterocycles. The molecule has 15 heavy (non-hydrogen) atoms. The number of hydrogen-bond acceptors (Lipinski definition) is 6. The Kier molecular flexibility index (Phi) is 4.51. The van der Waals surface area contributed by atoms with Crippen LogP contribution in [0, 0.1) is 4.78 Å². The van der Waals surface area contributed by atoms with Crippen LogP contribution in [0.25, 0.3) is 0 Å². The van der Waals surface area contributed by atoms with Gasteiger partial charge in [-0.2, -0.15) is 17.0 Å². The smallest absolute Gasteiger partial charge is 0.428 e. The van der Waals surface area contributed by atoms with Crippen molar-refractivity contribution < 1.29 is 25.8 Å². The minimum absolute atomic E-state index is 0.139. The maximum absolute atomic E-state index is 12.1. The fraction of sp³-hybridized carbons (Fsp3) is 1.00. The Morgan fingerprint density at radius 2 is 1.80 bits per heavy atom. The number of nitrogens with one attached hydrogen (secondary N) is 1. The number of hydrazine groups is 1. The van der Waals surface area contributed by atoms with Crippen LogP contribution >= 0.6 is 0 Å². The molecular formula is C4H9F3N3O3S2-. The van der Waals surface area contributed by atoms with Gasteiger partial charge in [-0.25, -0.2) is 13.4 Å². The molecular weight excluding hydrogens is 259 g/mol. The molecule has 0 saturated carbocycles. The highest BCUT2D eigenvalue weighted by Crippen LogP contribution is 2.27. The van der Waals surface area contributed by atoms with Crippen molar-refractivity contribution in [3.8, 4) is 0 Å². The predicted molar refractivity (Wildman–Crippen MR) is 45.9 cm³/mol. The fourth-order valence-corrected chi connectivity index (χ4v) is 2.60. The third-order valence-electron chi connectivity index (χ3n) is 1.38. The average Bonchev–Trinajstić information content (AvgIpc) is 2.00. The second-order valence-electron chi connectivity index (χ2n) is 2.38. The molecule has 0 unspecified atom stereocenters. The first-order valence-corrected chi connectivity index (χ1v) is 6.06. The Morgan fingerprint density at radius 1 is 1.40 bits per heavy atom. The van der Waals surface area contributed by atoms with Gasteiger partial charge in [-0.15, -0.1) is 0 Å². The van der Waals surface area contributed by atoms with Crippen molar-refractivity contribution >= 4 is 20.8 Å². The summed E-state index contributed by atoms with van der Waals surface area (Å²) < 4.78 is 74.6. The van der Waals surface area contributed by atoms with Crippen LogP contribution in [0.4, 0.5) is 13.2 Å². The minimum atomic E-state index is -5.78. The Hall–Kier alpha value is -0.390. The lowest BCUT2D eigenvalue weighted by atomic mass is 10.8. The van der Waals surface area contributed by atoms with E-state index in [9.17, 15) is 25.8 Å². The summed E-state index contributed by atoms with van der Waals surface area (Å²) in [4.78, 5) is 0. The van der Waals surface area contributed by atoms with Crippen LogP contribution in [0.5, 0.6) is 0 Å². The Bertz CT molecular complexity index is 380. The predicted octanol–water partition coefficient (Wildman–Crippen LogP) is 0.646. The maximum Gasteiger partial charge on any atom is 0.511 e. The fourth-order valence-electron chi connectivity index (χ4n) is 0.603. The van der Waals surface area contributed by atoms with E-state index in [2.05, 4.69) is 0 Å². The van der Waals surface area contributed by atoms with Gasteiger partial charge in [0.25, 0.3) is 0 Å². The highest BCUT2D eigenvalue weighted by molar-refractivity contribution is 7.98. The third-order valence-corrected chi connectivity index (χ3v) is 4.21. The van der Waals surface area contributed by atoms with Crippen LogP contribution in [-0.4, -0.2) is 36.3 Å². The van der Waals surface area contributed by atoms with Crippen LogP contribution in [0.1, 0.15) is 6.92 Å². The quantitative estimate of drug-likeness (QED) is 0.599. The lowest BCUT2D eigenvalue weighted by Crippen LogP contribution is -2.48. The molecule has 11 heteroatoms. The molecule has 0 bridgehead atoms. The van der Waals surface area contributed by atoms with Crippen LogP contribution < -0.4 is 0 Å². The molecule has 0 rings (SSSR count). The molecule has 0 aliphatic carbocycles. The zero-order chi connectivity index (χ0) is 12.4. The van der Waals surface area contributed by atoms with Crippen molar-refractivity contribution in [1.29, 1.82) is 4.78 Å². The van der Waals surface area contributed by atoms with E-state index in [4.69, 9.17) is 4.78 Å². The molecule has 1 N–H and O–H groups in total. The van der Waals surface area contributed by atoms with Gasteiger partial charge in [-0.05, 0) is 0 Å². The average molecular weight is 268 g/mol. The van der Waals surface area contributed by atoms with E-state index in [0.29, 0.717) is 5.01 Å². The van der Waals surface area contributed by atoms with E-state index >= 15 is 0 Å². The van der Waals surface area contributed by atoms with E-state index in [-0.39, 0.29) is 6.54 Å². The first-order chi connectivity index (χ1) is 6.55. The number of rotatable bonds is 4. The second kappa shape index (κ2) is 4.63. The number of nitrogens with zero attached hydrogens (tertiary/aromatic N) is 2. The van der Waals surface area contributed by atoms with Crippen molar-refractivity contribution in [2.75, 3.05) is 13.6 Å². The van der Waals surface area contributed by atoms with E-state index in [1.54, 1.807) is 0 Å². The summed E-state index contributed by atoms with van der Waals surface area (Å²) in [7, 11) is -7.84. The van der Waals surface area contributed by atoms with Crippen molar-refractivity contribution in [2.24, 2.45) is 0 Å². The van der Waals surface area contributed by atoms with Gasteiger partial charge in [0.2, 0.25) is 0 Å². The van der Waals surface area contributed by atoms with E-state index in [0.717, 1.165) is 7.05 Å². The lowest BCUT2D eigenvalue weighted by Gasteiger charge is -2.33. The van der Waals surface area contributed by atoms with Gasteiger partial charge in [0.1, 0.15) is 0 Å². The van der Waals surface area contributed by atoms with E-state index < -0.39 is 30.1 Å². The molecule has 0 spiro atoms. The SMILES string of the molecule is CCN(C)N([S-](=N)=O)S(=O)(=O)C(F)(F)F. The molecule has 0 atom stereocenters.